The van der Waals surface area contributed by atoms with Crippen molar-refractivity contribution in [1.29, 1.82) is 0 Å². The Morgan fingerprint density at radius 3 is 2.78 bits per heavy atom. The average Bonchev–Trinajstić information content (AvgIpc) is 1.84. The molecule has 9 heavy (non-hydrogen) atoms. The molecule has 49 valence electrons. The standard InChI is InChI=1S/C3H6ClO2Si3/c1-3-9(2,4)6-8-5-7/h3H,1H2,2H3. The molecule has 2 nitrogen and oxygen atoms in total. The van der Waals surface area contributed by atoms with Crippen molar-refractivity contribution < 1.29 is 8.23 Å². The van der Waals surface area contributed by atoms with E-state index in [2.05, 4.69) is 21.2 Å². The first-order chi connectivity index (χ1) is 4.12. The molecule has 1 atom stereocenters. The summed E-state index contributed by atoms with van der Waals surface area (Å²) in [7, 11) is 0.631. The Labute approximate surface area is 66.6 Å². The first kappa shape index (κ1) is 9.60. The Hall–Kier alpha value is 0.601. The van der Waals surface area contributed by atoms with Gasteiger partial charge in [0.25, 0.3) is 0 Å². The van der Waals surface area contributed by atoms with Crippen LogP contribution in [0.1, 0.15) is 0 Å². The lowest BCUT2D eigenvalue weighted by atomic mass is 11.3. The molecular weight excluding hydrogens is 188 g/mol. The van der Waals surface area contributed by atoms with Gasteiger partial charge in [-0.1, -0.05) is 5.70 Å². The molecule has 0 aliphatic rings. The molecule has 0 heterocycles. The molecule has 0 N–H and O–H groups in total. The van der Waals surface area contributed by atoms with Crippen molar-refractivity contribution in [2.24, 2.45) is 0 Å². The van der Waals surface area contributed by atoms with E-state index in [1.54, 1.807) is 5.70 Å². The first-order valence-electron chi connectivity index (χ1n) is 2.20. The van der Waals surface area contributed by atoms with Gasteiger partial charge in [0.05, 0.1) is 0 Å². The van der Waals surface area contributed by atoms with Gasteiger partial charge in [-0.25, -0.2) is 0 Å². The van der Waals surface area contributed by atoms with E-state index in [4.69, 9.17) is 15.2 Å². The Morgan fingerprint density at radius 2 is 2.44 bits per heavy atom. The Bertz CT molecular complexity index is 97.1. The number of rotatable bonds is 4. The highest BCUT2D eigenvalue weighted by molar-refractivity contribution is 7.19. The average molecular weight is 194 g/mol. The predicted octanol–water partition coefficient (Wildman–Crippen LogP) is 0.673. The first-order valence-corrected chi connectivity index (χ1v) is 6.92. The van der Waals surface area contributed by atoms with Crippen LogP contribution in [0.5, 0.6) is 0 Å². The van der Waals surface area contributed by atoms with Gasteiger partial charge in [-0.15, -0.1) is 17.7 Å². The van der Waals surface area contributed by atoms with Gasteiger partial charge in [0, 0.05) is 0 Å². The highest BCUT2D eigenvalue weighted by atomic mass is 35.6. The minimum Gasteiger partial charge on any atom is -0.435 e. The maximum absolute atomic E-state index is 5.80. The van der Waals surface area contributed by atoms with Gasteiger partial charge < -0.3 is 8.23 Å². The van der Waals surface area contributed by atoms with E-state index in [0.717, 1.165) is 0 Å². The summed E-state index contributed by atoms with van der Waals surface area (Å²) in [5.41, 5.74) is 1.63. The fourth-order valence-electron chi connectivity index (χ4n) is 0.144. The quantitative estimate of drug-likeness (QED) is 0.483. The third-order valence-corrected chi connectivity index (χ3v) is 4.80. The minimum absolute atomic E-state index is 0.0548. The van der Waals surface area contributed by atoms with Gasteiger partial charge >= 0.3 is 17.6 Å². The van der Waals surface area contributed by atoms with Crippen molar-refractivity contribution in [3.05, 3.63) is 12.3 Å². The van der Waals surface area contributed by atoms with Crippen LogP contribution in [0, 0.1) is 0 Å². The molecule has 0 amide bonds. The van der Waals surface area contributed by atoms with E-state index in [1.807, 2.05) is 6.55 Å². The molecular formula is C3H6ClO2Si3. The Morgan fingerprint density at radius 1 is 1.89 bits per heavy atom. The van der Waals surface area contributed by atoms with Gasteiger partial charge in [-0.2, -0.15) is 0 Å². The summed E-state index contributed by atoms with van der Waals surface area (Å²) in [6, 6.07) is 0. The lowest BCUT2D eigenvalue weighted by molar-refractivity contribution is 0.493. The number of hydrogen-bond acceptors (Lipinski definition) is 2. The summed E-state index contributed by atoms with van der Waals surface area (Å²) < 4.78 is 9.56. The summed E-state index contributed by atoms with van der Waals surface area (Å²) in [4.78, 5) is 0. The fraction of sp³-hybridized carbons (Fsp3) is 0.333. The van der Waals surface area contributed by atoms with Crippen LogP contribution in [0.3, 0.4) is 0 Å². The topological polar surface area (TPSA) is 18.5 Å². The van der Waals surface area contributed by atoms with E-state index in [-0.39, 0.29) is 10.0 Å². The molecule has 1 unspecified atom stereocenters. The summed E-state index contributed by atoms with van der Waals surface area (Å²) in [6.07, 6.45) is 0. The molecule has 0 bridgehead atoms. The molecule has 0 aliphatic carbocycles. The monoisotopic (exact) mass is 193 g/mol. The molecule has 5 radical (unpaired) electrons. The van der Waals surface area contributed by atoms with Gasteiger partial charge in [0.2, 0.25) is 10.5 Å². The lowest BCUT2D eigenvalue weighted by Crippen LogP contribution is -2.27. The minimum atomic E-state index is -2.11. The van der Waals surface area contributed by atoms with Crippen molar-refractivity contribution in [1.82, 2.24) is 0 Å². The maximum Gasteiger partial charge on any atom is 0.410 e. The fourth-order valence-corrected chi connectivity index (χ4v) is 1.95. The highest BCUT2D eigenvalue weighted by Gasteiger charge is 2.21. The molecule has 6 heteroatoms. The molecule has 0 aromatic carbocycles. The second-order valence-electron chi connectivity index (χ2n) is 1.48. The molecule has 0 fully saturated rings. The molecule has 0 aliphatic heterocycles. The molecule has 0 saturated carbocycles. The third-order valence-electron chi connectivity index (χ3n) is 0.648. The Balaban J connectivity index is 3.45. The third kappa shape index (κ3) is 5.07. The molecule has 0 spiro atoms. The number of halogens is 1. The van der Waals surface area contributed by atoms with E-state index < -0.39 is 7.63 Å². The van der Waals surface area contributed by atoms with Gasteiger partial charge in [-0.3, -0.25) is 0 Å². The largest absolute Gasteiger partial charge is 0.435 e. The molecule has 0 saturated heterocycles. The Kier molecular flexibility index (Phi) is 4.72. The van der Waals surface area contributed by atoms with Crippen molar-refractivity contribution in [2.75, 3.05) is 0 Å². The molecule has 0 aromatic heterocycles. The van der Waals surface area contributed by atoms with E-state index in [1.165, 1.54) is 0 Å². The van der Waals surface area contributed by atoms with Crippen LogP contribution in [-0.4, -0.2) is 28.1 Å². The van der Waals surface area contributed by atoms with Crippen LogP contribution in [0.4, 0.5) is 0 Å². The van der Waals surface area contributed by atoms with Crippen molar-refractivity contribution in [3.63, 3.8) is 0 Å². The van der Waals surface area contributed by atoms with Crippen molar-refractivity contribution in [3.8, 4) is 0 Å². The van der Waals surface area contributed by atoms with Crippen LogP contribution in [0.15, 0.2) is 12.3 Å². The van der Waals surface area contributed by atoms with Gasteiger partial charge in [0.15, 0.2) is 0 Å². The molecule has 0 rings (SSSR count). The van der Waals surface area contributed by atoms with Gasteiger partial charge in [0.1, 0.15) is 0 Å². The van der Waals surface area contributed by atoms with Crippen LogP contribution in [0.25, 0.3) is 0 Å². The van der Waals surface area contributed by atoms with E-state index in [9.17, 15) is 0 Å². The van der Waals surface area contributed by atoms with Crippen LogP contribution in [-0.2, 0) is 8.23 Å². The predicted molar refractivity (Wildman–Crippen MR) is 41.3 cm³/mol. The smallest absolute Gasteiger partial charge is 0.410 e. The normalized spacial score (nSPS) is 16.8. The summed E-state index contributed by atoms with van der Waals surface area (Å²) in [5.74, 6) is 0. The zero-order valence-corrected chi connectivity index (χ0v) is 8.73. The number of hydrogen-bond donors (Lipinski definition) is 0. The molecule has 0 aromatic rings. The zero-order valence-electron chi connectivity index (χ0n) is 4.98. The van der Waals surface area contributed by atoms with Crippen LogP contribution in [0.2, 0.25) is 6.55 Å². The zero-order chi connectivity index (χ0) is 7.33. The second kappa shape index (κ2) is 4.42. The summed E-state index contributed by atoms with van der Waals surface area (Å²) >= 11 is 5.80. The highest BCUT2D eigenvalue weighted by Crippen LogP contribution is 2.09. The van der Waals surface area contributed by atoms with E-state index in [0.29, 0.717) is 0 Å². The second-order valence-corrected chi connectivity index (χ2v) is 7.91. The lowest BCUT2D eigenvalue weighted by Gasteiger charge is -2.12. The summed E-state index contributed by atoms with van der Waals surface area (Å²) in [5, 5.41) is 0. The maximum atomic E-state index is 5.80. The van der Waals surface area contributed by atoms with Gasteiger partial charge in [-0.05, 0) is 6.55 Å². The SMILES string of the molecule is C=C[Si](C)(Cl)O[Si]O[Si]. The van der Waals surface area contributed by atoms with Crippen molar-refractivity contribution in [2.45, 2.75) is 6.55 Å². The van der Waals surface area contributed by atoms with Crippen LogP contribution < -0.4 is 0 Å². The van der Waals surface area contributed by atoms with E-state index >= 15 is 0 Å². The van der Waals surface area contributed by atoms with Crippen LogP contribution >= 0.6 is 11.1 Å². The summed E-state index contributed by atoms with van der Waals surface area (Å²) in [6.45, 7) is 5.34. The van der Waals surface area contributed by atoms with Crippen molar-refractivity contribution >= 4 is 39.2 Å².